The van der Waals surface area contributed by atoms with E-state index < -0.39 is 0 Å². The van der Waals surface area contributed by atoms with Crippen LogP contribution in [0.15, 0.2) is 16.9 Å². The standard InChI is InChI=1S/C18H27N7O2/c1-2-16-22-18(23-27-16)24-6-3-13(4-7-24)12-26-15-9-20-17(21-10-15)25-8-5-14(19)11-25/h9-10,13-14H,2-8,11-12,19H2,1H3. The zero-order valence-corrected chi connectivity index (χ0v) is 15.8. The molecule has 2 aliphatic heterocycles. The second-order valence-corrected chi connectivity index (χ2v) is 7.30. The van der Waals surface area contributed by atoms with Gasteiger partial charge in [-0.15, -0.1) is 0 Å². The lowest BCUT2D eigenvalue weighted by Crippen LogP contribution is -2.36. The van der Waals surface area contributed by atoms with E-state index in [1.165, 1.54) is 0 Å². The predicted octanol–water partition coefficient (Wildman–Crippen LogP) is 1.25. The van der Waals surface area contributed by atoms with Crippen LogP contribution in [0.2, 0.25) is 0 Å². The summed E-state index contributed by atoms with van der Waals surface area (Å²) in [7, 11) is 0. The average molecular weight is 373 g/mol. The van der Waals surface area contributed by atoms with Crippen molar-refractivity contribution in [2.75, 3.05) is 42.6 Å². The lowest BCUT2D eigenvalue weighted by molar-refractivity contribution is 0.221. The fraction of sp³-hybridized carbons (Fsp3) is 0.667. The van der Waals surface area contributed by atoms with E-state index in [-0.39, 0.29) is 6.04 Å². The minimum Gasteiger partial charge on any atom is -0.490 e. The van der Waals surface area contributed by atoms with E-state index in [4.69, 9.17) is 15.0 Å². The van der Waals surface area contributed by atoms with Crippen LogP contribution in [-0.4, -0.2) is 58.9 Å². The van der Waals surface area contributed by atoms with E-state index in [1.807, 2.05) is 6.92 Å². The zero-order chi connectivity index (χ0) is 18.6. The molecule has 1 atom stereocenters. The molecule has 2 fully saturated rings. The summed E-state index contributed by atoms with van der Waals surface area (Å²) in [6, 6.07) is 0.219. The Morgan fingerprint density at radius 2 is 1.85 bits per heavy atom. The molecule has 0 aliphatic carbocycles. The molecule has 4 heterocycles. The van der Waals surface area contributed by atoms with Gasteiger partial charge < -0.3 is 24.8 Å². The molecular formula is C18H27N7O2. The molecule has 0 amide bonds. The first kappa shape index (κ1) is 18.0. The Hall–Kier alpha value is -2.42. The summed E-state index contributed by atoms with van der Waals surface area (Å²) in [6.45, 7) is 6.26. The van der Waals surface area contributed by atoms with E-state index in [2.05, 4.69) is 29.9 Å². The van der Waals surface area contributed by atoms with Crippen molar-refractivity contribution in [3.63, 3.8) is 0 Å². The van der Waals surface area contributed by atoms with Crippen LogP contribution in [0.1, 0.15) is 32.1 Å². The fourth-order valence-electron chi connectivity index (χ4n) is 3.55. The number of ether oxygens (including phenoxy) is 1. The van der Waals surface area contributed by atoms with Gasteiger partial charge in [0.25, 0.3) is 5.95 Å². The number of nitrogens with zero attached hydrogens (tertiary/aromatic N) is 6. The molecular weight excluding hydrogens is 346 g/mol. The number of piperidine rings is 1. The molecule has 2 aromatic rings. The summed E-state index contributed by atoms with van der Waals surface area (Å²) < 4.78 is 11.1. The quantitative estimate of drug-likeness (QED) is 0.800. The van der Waals surface area contributed by atoms with Crippen molar-refractivity contribution in [1.82, 2.24) is 20.1 Å². The Balaban J connectivity index is 1.23. The van der Waals surface area contributed by atoms with Crippen molar-refractivity contribution in [3.05, 3.63) is 18.3 Å². The highest BCUT2D eigenvalue weighted by Crippen LogP contribution is 2.23. The molecule has 0 radical (unpaired) electrons. The van der Waals surface area contributed by atoms with Crippen LogP contribution < -0.4 is 20.3 Å². The highest BCUT2D eigenvalue weighted by molar-refractivity contribution is 5.33. The van der Waals surface area contributed by atoms with Crippen molar-refractivity contribution < 1.29 is 9.26 Å². The van der Waals surface area contributed by atoms with Gasteiger partial charge in [0.15, 0.2) is 5.75 Å². The van der Waals surface area contributed by atoms with Crippen LogP contribution in [-0.2, 0) is 6.42 Å². The maximum Gasteiger partial charge on any atom is 0.266 e. The molecule has 0 aromatic carbocycles. The number of rotatable bonds is 6. The minimum atomic E-state index is 0.219. The zero-order valence-electron chi connectivity index (χ0n) is 15.8. The SMILES string of the molecule is CCc1nc(N2CCC(COc3cnc(N4CCC(N)C4)nc3)CC2)no1. The smallest absolute Gasteiger partial charge is 0.266 e. The van der Waals surface area contributed by atoms with E-state index >= 15 is 0 Å². The predicted molar refractivity (Wildman–Crippen MR) is 101 cm³/mol. The molecule has 146 valence electrons. The van der Waals surface area contributed by atoms with Gasteiger partial charge >= 0.3 is 0 Å². The van der Waals surface area contributed by atoms with E-state index in [0.717, 1.165) is 63.6 Å². The number of hydrogen-bond acceptors (Lipinski definition) is 9. The van der Waals surface area contributed by atoms with Crippen molar-refractivity contribution in [2.24, 2.45) is 11.7 Å². The normalized spacial score (nSPS) is 21.0. The third-order valence-electron chi connectivity index (χ3n) is 5.26. The van der Waals surface area contributed by atoms with Gasteiger partial charge in [0.1, 0.15) is 0 Å². The van der Waals surface area contributed by atoms with Crippen LogP contribution >= 0.6 is 0 Å². The molecule has 2 saturated heterocycles. The Kier molecular flexibility index (Phi) is 5.38. The second kappa shape index (κ2) is 8.08. The molecule has 0 bridgehead atoms. The van der Waals surface area contributed by atoms with Gasteiger partial charge in [0.05, 0.1) is 19.0 Å². The number of anilines is 2. The van der Waals surface area contributed by atoms with Crippen LogP contribution in [0.25, 0.3) is 0 Å². The van der Waals surface area contributed by atoms with Gasteiger partial charge in [-0.3, -0.25) is 0 Å². The Bertz CT molecular complexity index is 728. The third-order valence-corrected chi connectivity index (χ3v) is 5.26. The molecule has 27 heavy (non-hydrogen) atoms. The number of aryl methyl sites for hydroxylation is 1. The maximum absolute atomic E-state index is 5.94. The molecule has 2 aromatic heterocycles. The summed E-state index contributed by atoms with van der Waals surface area (Å²) in [6.07, 6.45) is 7.35. The molecule has 9 nitrogen and oxygen atoms in total. The van der Waals surface area contributed by atoms with Crippen LogP contribution in [0, 0.1) is 5.92 Å². The summed E-state index contributed by atoms with van der Waals surface area (Å²) in [5.41, 5.74) is 5.94. The fourth-order valence-corrected chi connectivity index (χ4v) is 3.55. The van der Waals surface area contributed by atoms with Crippen molar-refractivity contribution >= 4 is 11.9 Å². The van der Waals surface area contributed by atoms with Gasteiger partial charge in [-0.2, -0.15) is 4.98 Å². The first-order chi connectivity index (χ1) is 13.2. The first-order valence-electron chi connectivity index (χ1n) is 9.74. The van der Waals surface area contributed by atoms with Gasteiger partial charge in [-0.05, 0) is 30.3 Å². The van der Waals surface area contributed by atoms with Gasteiger partial charge in [0, 0.05) is 38.6 Å². The number of nitrogens with two attached hydrogens (primary N) is 1. The highest BCUT2D eigenvalue weighted by Gasteiger charge is 2.24. The van der Waals surface area contributed by atoms with E-state index in [1.54, 1.807) is 12.4 Å². The maximum atomic E-state index is 5.94. The lowest BCUT2D eigenvalue weighted by Gasteiger charge is -2.30. The molecule has 2 aliphatic rings. The van der Waals surface area contributed by atoms with Gasteiger partial charge in [-0.25, -0.2) is 9.97 Å². The van der Waals surface area contributed by atoms with Crippen molar-refractivity contribution in [3.8, 4) is 5.75 Å². The summed E-state index contributed by atoms with van der Waals surface area (Å²) in [5.74, 6) is 3.35. The molecule has 2 N–H and O–H groups in total. The third kappa shape index (κ3) is 4.29. The van der Waals surface area contributed by atoms with E-state index in [9.17, 15) is 0 Å². The van der Waals surface area contributed by atoms with Crippen LogP contribution in [0.4, 0.5) is 11.9 Å². The summed E-state index contributed by atoms with van der Waals surface area (Å²) >= 11 is 0. The Morgan fingerprint density at radius 3 is 2.48 bits per heavy atom. The van der Waals surface area contributed by atoms with Crippen LogP contribution in [0.3, 0.4) is 0 Å². The minimum absolute atomic E-state index is 0.219. The van der Waals surface area contributed by atoms with Crippen molar-refractivity contribution in [1.29, 1.82) is 0 Å². The first-order valence-corrected chi connectivity index (χ1v) is 9.74. The molecule has 1 unspecified atom stereocenters. The Morgan fingerprint density at radius 1 is 1.11 bits per heavy atom. The van der Waals surface area contributed by atoms with Gasteiger partial charge in [-0.1, -0.05) is 6.92 Å². The Labute approximate surface area is 158 Å². The molecule has 0 spiro atoms. The number of aromatic nitrogens is 4. The summed E-state index contributed by atoms with van der Waals surface area (Å²) in [5, 5.41) is 4.06. The summed E-state index contributed by atoms with van der Waals surface area (Å²) in [4.78, 5) is 17.5. The van der Waals surface area contributed by atoms with Crippen LogP contribution in [0.5, 0.6) is 5.75 Å². The monoisotopic (exact) mass is 373 g/mol. The second-order valence-electron chi connectivity index (χ2n) is 7.30. The lowest BCUT2D eigenvalue weighted by atomic mass is 9.98. The van der Waals surface area contributed by atoms with Gasteiger partial charge in [0.2, 0.25) is 11.8 Å². The molecule has 4 rings (SSSR count). The average Bonchev–Trinajstić information content (AvgIpc) is 3.36. The molecule has 9 heteroatoms. The highest BCUT2D eigenvalue weighted by atomic mass is 16.5. The van der Waals surface area contributed by atoms with E-state index in [0.29, 0.717) is 24.4 Å². The largest absolute Gasteiger partial charge is 0.490 e. The number of hydrogen-bond donors (Lipinski definition) is 1. The topological polar surface area (TPSA) is 106 Å². The van der Waals surface area contributed by atoms with Crippen molar-refractivity contribution in [2.45, 2.75) is 38.6 Å². The molecule has 0 saturated carbocycles.